The SMILES string of the molecule is O=C(Nc1ccc2c(c1)OCCO2)c1ccc(N2CCCN(Cc3ccccc3F)C2=O)cc1. The third-order valence-electron chi connectivity index (χ3n) is 5.87. The predicted octanol–water partition coefficient (Wildman–Crippen LogP) is 4.68. The molecule has 0 saturated carbocycles. The summed E-state index contributed by atoms with van der Waals surface area (Å²) >= 11 is 0. The van der Waals surface area contributed by atoms with Gasteiger partial charge in [0.2, 0.25) is 0 Å². The molecule has 0 aliphatic carbocycles. The van der Waals surface area contributed by atoms with E-state index in [-0.39, 0.29) is 24.3 Å². The molecule has 0 unspecified atom stereocenters. The normalized spacial score (nSPS) is 15.3. The molecule has 34 heavy (non-hydrogen) atoms. The molecular formula is C26H24FN3O4. The zero-order valence-electron chi connectivity index (χ0n) is 18.5. The zero-order chi connectivity index (χ0) is 23.5. The summed E-state index contributed by atoms with van der Waals surface area (Å²) in [7, 11) is 0. The maximum absolute atomic E-state index is 14.0. The van der Waals surface area contributed by atoms with E-state index in [9.17, 15) is 14.0 Å². The van der Waals surface area contributed by atoms with Gasteiger partial charge in [0.05, 0.1) is 6.54 Å². The van der Waals surface area contributed by atoms with Crippen LogP contribution in [-0.4, -0.2) is 43.1 Å². The molecule has 0 bridgehead atoms. The number of carbonyl (C=O) groups excluding carboxylic acids is 2. The van der Waals surface area contributed by atoms with Gasteiger partial charge in [-0.25, -0.2) is 9.18 Å². The van der Waals surface area contributed by atoms with Gasteiger partial charge in [0.25, 0.3) is 5.91 Å². The maximum atomic E-state index is 14.0. The van der Waals surface area contributed by atoms with E-state index in [0.717, 1.165) is 6.42 Å². The number of anilines is 2. The van der Waals surface area contributed by atoms with Crippen molar-refractivity contribution in [2.24, 2.45) is 0 Å². The third kappa shape index (κ3) is 4.52. The number of amides is 3. The number of benzene rings is 3. The Morgan fingerprint density at radius 1 is 0.941 bits per heavy atom. The van der Waals surface area contributed by atoms with Crippen molar-refractivity contribution in [3.05, 3.63) is 83.7 Å². The Labute approximate surface area is 196 Å². The average molecular weight is 461 g/mol. The van der Waals surface area contributed by atoms with Crippen LogP contribution in [0.4, 0.5) is 20.6 Å². The molecule has 2 heterocycles. The summed E-state index contributed by atoms with van der Waals surface area (Å²) in [6.07, 6.45) is 0.770. The summed E-state index contributed by atoms with van der Waals surface area (Å²) in [5, 5.41) is 2.86. The Kier molecular flexibility index (Phi) is 6.03. The predicted molar refractivity (Wildman–Crippen MR) is 126 cm³/mol. The number of hydrogen-bond acceptors (Lipinski definition) is 4. The second-order valence-electron chi connectivity index (χ2n) is 8.16. The van der Waals surface area contributed by atoms with E-state index in [4.69, 9.17) is 9.47 Å². The van der Waals surface area contributed by atoms with Crippen LogP contribution in [0.1, 0.15) is 22.3 Å². The Balaban J connectivity index is 1.25. The number of ether oxygens (including phenoxy) is 2. The molecule has 3 amide bonds. The quantitative estimate of drug-likeness (QED) is 0.599. The Hall–Kier alpha value is -4.07. The Bertz CT molecular complexity index is 1210. The minimum Gasteiger partial charge on any atom is -0.486 e. The van der Waals surface area contributed by atoms with E-state index in [1.807, 2.05) is 0 Å². The molecule has 1 N–H and O–H groups in total. The van der Waals surface area contributed by atoms with Crippen LogP contribution < -0.4 is 19.7 Å². The van der Waals surface area contributed by atoms with Gasteiger partial charge in [0.15, 0.2) is 11.5 Å². The molecule has 1 saturated heterocycles. The second-order valence-corrected chi connectivity index (χ2v) is 8.16. The first-order valence-electron chi connectivity index (χ1n) is 11.2. The van der Waals surface area contributed by atoms with Crippen LogP contribution in [0.2, 0.25) is 0 Å². The summed E-state index contributed by atoms with van der Waals surface area (Å²) in [5.74, 6) is 0.668. The fourth-order valence-electron chi connectivity index (χ4n) is 4.12. The summed E-state index contributed by atoms with van der Waals surface area (Å²) in [6.45, 7) is 2.33. The monoisotopic (exact) mass is 461 g/mol. The lowest BCUT2D eigenvalue weighted by Crippen LogP contribution is -2.49. The molecule has 0 spiro atoms. The van der Waals surface area contributed by atoms with Gasteiger partial charge in [-0.15, -0.1) is 0 Å². The van der Waals surface area contributed by atoms with Crippen molar-refractivity contribution in [1.29, 1.82) is 0 Å². The molecule has 7 nitrogen and oxygen atoms in total. The fraction of sp³-hybridized carbons (Fsp3) is 0.231. The minimum atomic E-state index is -0.319. The van der Waals surface area contributed by atoms with E-state index in [1.165, 1.54) is 6.07 Å². The standard InChI is InChI=1S/C26H24FN3O4/c27-22-5-2-1-4-19(22)17-29-12-3-13-30(26(29)32)21-9-6-18(7-10-21)25(31)28-20-8-11-23-24(16-20)34-15-14-33-23/h1-2,4-11,16H,3,12-15,17H2,(H,28,31). The summed E-state index contributed by atoms with van der Waals surface area (Å²) in [6, 6.07) is 18.4. The first kappa shape index (κ1) is 21.8. The highest BCUT2D eigenvalue weighted by molar-refractivity contribution is 6.05. The van der Waals surface area contributed by atoms with Crippen LogP contribution in [0.15, 0.2) is 66.7 Å². The van der Waals surface area contributed by atoms with Crippen molar-refractivity contribution in [3.63, 3.8) is 0 Å². The molecule has 0 radical (unpaired) electrons. The third-order valence-corrected chi connectivity index (χ3v) is 5.87. The van der Waals surface area contributed by atoms with Gasteiger partial charge in [-0.3, -0.25) is 9.69 Å². The van der Waals surface area contributed by atoms with Crippen molar-refractivity contribution in [2.75, 3.05) is 36.5 Å². The molecule has 0 aromatic heterocycles. The Morgan fingerprint density at radius 3 is 2.50 bits per heavy atom. The molecule has 1 fully saturated rings. The van der Waals surface area contributed by atoms with Crippen molar-refractivity contribution >= 4 is 23.3 Å². The van der Waals surface area contributed by atoms with Gasteiger partial charge in [0.1, 0.15) is 19.0 Å². The summed E-state index contributed by atoms with van der Waals surface area (Å²) < 4.78 is 25.1. The topological polar surface area (TPSA) is 71.1 Å². The van der Waals surface area contributed by atoms with Crippen LogP contribution >= 0.6 is 0 Å². The van der Waals surface area contributed by atoms with E-state index in [1.54, 1.807) is 70.5 Å². The molecular weight excluding hydrogens is 437 g/mol. The molecule has 2 aliphatic rings. The van der Waals surface area contributed by atoms with Crippen LogP contribution in [-0.2, 0) is 6.54 Å². The second kappa shape index (κ2) is 9.43. The van der Waals surface area contributed by atoms with Gasteiger partial charge in [0, 0.05) is 41.7 Å². The molecule has 0 atom stereocenters. The fourth-order valence-corrected chi connectivity index (χ4v) is 4.12. The van der Waals surface area contributed by atoms with Gasteiger partial charge >= 0.3 is 6.03 Å². The number of fused-ring (bicyclic) bond motifs is 1. The number of rotatable bonds is 5. The first-order chi connectivity index (χ1) is 16.6. The van der Waals surface area contributed by atoms with Crippen LogP contribution in [0.3, 0.4) is 0 Å². The number of urea groups is 1. The highest BCUT2D eigenvalue weighted by Crippen LogP contribution is 2.32. The van der Waals surface area contributed by atoms with Crippen LogP contribution in [0.25, 0.3) is 0 Å². The van der Waals surface area contributed by atoms with E-state index in [2.05, 4.69) is 5.32 Å². The Morgan fingerprint density at radius 2 is 1.71 bits per heavy atom. The number of nitrogens with zero attached hydrogens (tertiary/aromatic N) is 2. The minimum absolute atomic E-state index is 0.178. The highest BCUT2D eigenvalue weighted by atomic mass is 19.1. The highest BCUT2D eigenvalue weighted by Gasteiger charge is 2.27. The molecule has 3 aromatic carbocycles. The molecule has 8 heteroatoms. The number of nitrogens with one attached hydrogen (secondary N) is 1. The van der Waals surface area contributed by atoms with Gasteiger partial charge in [-0.1, -0.05) is 18.2 Å². The smallest absolute Gasteiger partial charge is 0.324 e. The molecule has 2 aliphatic heterocycles. The largest absolute Gasteiger partial charge is 0.486 e. The van der Waals surface area contributed by atoms with Crippen molar-refractivity contribution in [2.45, 2.75) is 13.0 Å². The average Bonchev–Trinajstić information content (AvgIpc) is 2.86. The zero-order valence-corrected chi connectivity index (χ0v) is 18.5. The van der Waals surface area contributed by atoms with Gasteiger partial charge in [-0.05, 0) is 48.9 Å². The molecule has 174 valence electrons. The van der Waals surface area contributed by atoms with E-state index >= 15 is 0 Å². The molecule has 5 rings (SSSR count). The van der Waals surface area contributed by atoms with Crippen LogP contribution in [0.5, 0.6) is 11.5 Å². The lowest BCUT2D eigenvalue weighted by molar-refractivity contribution is 0.102. The van der Waals surface area contributed by atoms with Crippen LogP contribution in [0, 0.1) is 5.82 Å². The number of halogens is 1. The summed E-state index contributed by atoms with van der Waals surface area (Å²) in [4.78, 5) is 29.1. The van der Waals surface area contributed by atoms with Gasteiger partial charge < -0.3 is 19.7 Å². The lowest BCUT2D eigenvalue weighted by atomic mass is 10.1. The van der Waals surface area contributed by atoms with E-state index < -0.39 is 0 Å². The molecule has 3 aromatic rings. The summed E-state index contributed by atoms with van der Waals surface area (Å²) in [5.41, 5.74) is 2.25. The maximum Gasteiger partial charge on any atom is 0.324 e. The van der Waals surface area contributed by atoms with Gasteiger partial charge in [-0.2, -0.15) is 0 Å². The lowest BCUT2D eigenvalue weighted by Gasteiger charge is -2.35. The van der Waals surface area contributed by atoms with Crippen molar-refractivity contribution in [3.8, 4) is 11.5 Å². The van der Waals surface area contributed by atoms with Crippen molar-refractivity contribution < 1.29 is 23.5 Å². The number of carbonyl (C=O) groups is 2. The first-order valence-corrected chi connectivity index (χ1v) is 11.2. The van der Waals surface area contributed by atoms with E-state index in [0.29, 0.717) is 60.3 Å². The number of hydrogen-bond donors (Lipinski definition) is 1. The van der Waals surface area contributed by atoms with Crippen molar-refractivity contribution in [1.82, 2.24) is 4.90 Å².